The number of aromatic nitrogens is 3. The van der Waals surface area contributed by atoms with Crippen molar-refractivity contribution in [2.24, 2.45) is 7.05 Å². The number of rotatable bonds is 6. The van der Waals surface area contributed by atoms with Crippen molar-refractivity contribution < 1.29 is 55.9 Å². The van der Waals surface area contributed by atoms with Crippen LogP contribution in [-0.4, -0.2) is 45.9 Å². The topological polar surface area (TPSA) is 127 Å². The molecular formula is C21H19F3LiN5O5. The molecule has 3 aromatic rings. The van der Waals surface area contributed by atoms with Crippen LogP contribution in [0.3, 0.4) is 0 Å². The molecule has 2 aromatic heterocycles. The standard InChI is InChI=1S/C21H20F3N5O5.Li/c1-4-33-17(30)10-34-16-6-5-13(8-15(16)21(22,23)24)26-20(32)27-19(31)12-7-14-11(2)28-29(3)18(14)25-9-12;/h5-9H,4,10H2,1-3H3,(H2,26,27,31,32);/q;+1/p-1. The molecule has 0 aliphatic rings. The van der Waals surface area contributed by atoms with Crippen LogP contribution in [0.4, 0.5) is 23.7 Å². The molecule has 0 aliphatic carbocycles. The maximum Gasteiger partial charge on any atom is 1.00 e. The zero-order valence-electron chi connectivity index (χ0n) is 19.3. The Morgan fingerprint density at radius 3 is 2.57 bits per heavy atom. The number of aryl methyl sites for hydroxylation is 2. The third kappa shape index (κ3) is 6.74. The Balaban J connectivity index is 0.00000432. The van der Waals surface area contributed by atoms with E-state index < -0.39 is 42.0 Å². The van der Waals surface area contributed by atoms with Crippen LogP contribution in [0.2, 0.25) is 0 Å². The monoisotopic (exact) mass is 485 g/mol. The van der Waals surface area contributed by atoms with Crippen LogP contribution in [0.5, 0.6) is 5.75 Å². The molecule has 0 saturated carbocycles. The summed E-state index contributed by atoms with van der Waals surface area (Å²) in [5.74, 6) is -2.31. The Labute approximate surface area is 209 Å². The van der Waals surface area contributed by atoms with Gasteiger partial charge in [0.05, 0.1) is 17.9 Å². The second-order valence-corrected chi connectivity index (χ2v) is 6.95. The van der Waals surface area contributed by atoms with E-state index in [2.05, 4.69) is 20.1 Å². The fourth-order valence-electron chi connectivity index (χ4n) is 3.02. The van der Waals surface area contributed by atoms with Crippen molar-refractivity contribution in [2.75, 3.05) is 13.2 Å². The first-order valence-corrected chi connectivity index (χ1v) is 9.85. The van der Waals surface area contributed by atoms with Crippen LogP contribution in [0.15, 0.2) is 30.5 Å². The number of imide groups is 1. The number of halogens is 3. The number of pyridine rings is 1. The maximum absolute atomic E-state index is 13.4. The number of ether oxygens (including phenoxy) is 2. The van der Waals surface area contributed by atoms with E-state index in [1.165, 1.54) is 16.9 Å². The summed E-state index contributed by atoms with van der Waals surface area (Å²) in [5.41, 5.74) is -0.418. The van der Waals surface area contributed by atoms with Crippen molar-refractivity contribution in [3.05, 3.63) is 52.6 Å². The second kappa shape index (κ2) is 11.2. The minimum absolute atomic E-state index is 0. The minimum atomic E-state index is -4.86. The van der Waals surface area contributed by atoms with E-state index in [9.17, 15) is 27.6 Å². The molecule has 14 heteroatoms. The van der Waals surface area contributed by atoms with E-state index in [4.69, 9.17) is 4.74 Å². The zero-order valence-corrected chi connectivity index (χ0v) is 19.3. The Bertz CT molecular complexity index is 1260. The van der Waals surface area contributed by atoms with E-state index in [-0.39, 0.29) is 36.7 Å². The van der Waals surface area contributed by atoms with Gasteiger partial charge in [-0.1, -0.05) is 6.07 Å². The van der Waals surface area contributed by atoms with Gasteiger partial charge in [-0.3, -0.25) is 14.3 Å². The third-order valence-corrected chi connectivity index (χ3v) is 4.50. The van der Waals surface area contributed by atoms with Crippen molar-refractivity contribution in [1.82, 2.24) is 20.1 Å². The minimum Gasteiger partial charge on any atom is -0.481 e. The van der Waals surface area contributed by atoms with Crippen LogP contribution in [0, 0.1) is 6.92 Å². The largest absolute Gasteiger partial charge is 1.00 e. The molecule has 0 radical (unpaired) electrons. The predicted molar refractivity (Wildman–Crippen MR) is 113 cm³/mol. The van der Waals surface area contributed by atoms with Crippen LogP contribution in [-0.2, 0) is 22.8 Å². The van der Waals surface area contributed by atoms with Crippen molar-refractivity contribution in [3.8, 4) is 5.75 Å². The van der Waals surface area contributed by atoms with Gasteiger partial charge in [0.1, 0.15) is 5.75 Å². The molecule has 1 aromatic carbocycles. The molecular weight excluding hydrogens is 466 g/mol. The second-order valence-electron chi connectivity index (χ2n) is 6.95. The quantitative estimate of drug-likeness (QED) is 0.404. The van der Waals surface area contributed by atoms with Crippen molar-refractivity contribution in [3.63, 3.8) is 0 Å². The summed E-state index contributed by atoms with van der Waals surface area (Å²) in [6.07, 6.45) is -3.62. The molecule has 0 aliphatic heterocycles. The van der Waals surface area contributed by atoms with Gasteiger partial charge in [-0.25, -0.2) is 9.78 Å². The molecule has 0 bridgehead atoms. The number of amides is 3. The van der Waals surface area contributed by atoms with E-state index in [1.54, 1.807) is 20.9 Å². The van der Waals surface area contributed by atoms with Gasteiger partial charge < -0.3 is 20.1 Å². The van der Waals surface area contributed by atoms with Gasteiger partial charge in [-0.05, 0) is 37.7 Å². The summed E-state index contributed by atoms with van der Waals surface area (Å²) in [6.45, 7) is 2.59. The molecule has 35 heavy (non-hydrogen) atoms. The van der Waals surface area contributed by atoms with Gasteiger partial charge in [0.2, 0.25) is 0 Å². The molecule has 0 saturated heterocycles. The Morgan fingerprint density at radius 1 is 1.20 bits per heavy atom. The smallest absolute Gasteiger partial charge is 0.481 e. The number of hydrogen-bond donors (Lipinski definition) is 1. The SMILES string of the molecule is CCOC(=O)COc1ccc([N-]C(=O)NC(=O)c2cnc3c(c2)c(C)nn3C)cc1C(F)(F)F.[Li+]. The zero-order chi connectivity index (χ0) is 25.0. The van der Waals surface area contributed by atoms with Crippen LogP contribution in [0.1, 0.15) is 28.5 Å². The fourth-order valence-corrected chi connectivity index (χ4v) is 3.02. The fraction of sp³-hybridized carbons (Fsp3) is 0.286. The molecule has 2 heterocycles. The molecule has 3 amide bonds. The molecule has 0 unspecified atom stereocenters. The van der Waals surface area contributed by atoms with E-state index in [1.807, 2.05) is 5.32 Å². The summed E-state index contributed by atoms with van der Waals surface area (Å²) in [4.78, 5) is 40.0. The number of alkyl halides is 3. The van der Waals surface area contributed by atoms with Gasteiger partial charge in [0, 0.05) is 24.2 Å². The predicted octanol–water partition coefficient (Wildman–Crippen LogP) is 0.797. The summed E-state index contributed by atoms with van der Waals surface area (Å²) >= 11 is 0. The number of hydrogen-bond acceptors (Lipinski definition) is 7. The number of carbonyl (C=O) groups is 3. The molecule has 1 N–H and O–H groups in total. The number of fused-ring (bicyclic) bond motifs is 1. The molecule has 0 atom stereocenters. The van der Waals surface area contributed by atoms with Gasteiger partial charge in [-0.2, -0.15) is 18.3 Å². The summed E-state index contributed by atoms with van der Waals surface area (Å²) in [6, 6.07) is 2.87. The normalized spacial score (nSPS) is 10.9. The molecule has 0 fully saturated rings. The van der Waals surface area contributed by atoms with Gasteiger partial charge in [0.15, 0.2) is 24.2 Å². The first-order valence-electron chi connectivity index (χ1n) is 9.85. The van der Waals surface area contributed by atoms with E-state index in [0.29, 0.717) is 22.8 Å². The average molecular weight is 485 g/mol. The van der Waals surface area contributed by atoms with Gasteiger partial charge >= 0.3 is 31.0 Å². The van der Waals surface area contributed by atoms with E-state index in [0.717, 1.165) is 12.1 Å². The Kier molecular flexibility index (Phi) is 8.89. The number of urea groups is 1. The summed E-state index contributed by atoms with van der Waals surface area (Å²) < 4.78 is 51.3. The number of nitrogens with one attached hydrogen (secondary N) is 1. The number of benzene rings is 1. The van der Waals surface area contributed by atoms with Crippen LogP contribution in [0.25, 0.3) is 16.4 Å². The first-order chi connectivity index (χ1) is 16.0. The van der Waals surface area contributed by atoms with E-state index >= 15 is 0 Å². The third-order valence-electron chi connectivity index (χ3n) is 4.50. The molecule has 3 rings (SSSR count). The van der Waals surface area contributed by atoms with Crippen molar-refractivity contribution in [1.29, 1.82) is 0 Å². The van der Waals surface area contributed by atoms with Gasteiger partial charge in [-0.15, -0.1) is 0 Å². The van der Waals surface area contributed by atoms with Crippen molar-refractivity contribution >= 4 is 34.6 Å². The maximum atomic E-state index is 13.4. The number of nitrogens with zero attached hydrogens (tertiary/aromatic N) is 4. The van der Waals surface area contributed by atoms with Crippen molar-refractivity contribution in [2.45, 2.75) is 20.0 Å². The Morgan fingerprint density at radius 2 is 1.91 bits per heavy atom. The molecule has 180 valence electrons. The average Bonchev–Trinajstić information content (AvgIpc) is 3.05. The van der Waals surface area contributed by atoms with Gasteiger partial charge in [0.25, 0.3) is 0 Å². The Hall–Kier alpha value is -3.56. The summed E-state index contributed by atoms with van der Waals surface area (Å²) in [7, 11) is 1.69. The summed E-state index contributed by atoms with van der Waals surface area (Å²) in [5, 5.41) is 10.3. The number of esters is 1. The van der Waals surface area contributed by atoms with Crippen LogP contribution >= 0.6 is 0 Å². The molecule has 0 spiro atoms. The van der Waals surface area contributed by atoms with Crippen LogP contribution < -0.4 is 28.9 Å². The first kappa shape index (κ1) is 27.7. The molecule has 10 nitrogen and oxygen atoms in total. The number of carbonyl (C=O) groups excluding carboxylic acids is 3.